The van der Waals surface area contributed by atoms with Gasteiger partial charge in [-0.25, -0.2) is 0 Å². The molecule has 0 aliphatic carbocycles. The van der Waals surface area contributed by atoms with Crippen LogP contribution < -0.4 is 10.5 Å². The van der Waals surface area contributed by atoms with Gasteiger partial charge in [-0.15, -0.1) is 0 Å². The van der Waals surface area contributed by atoms with Crippen molar-refractivity contribution in [3.05, 3.63) is 105 Å². The highest BCUT2D eigenvalue weighted by molar-refractivity contribution is 5.95. The van der Waals surface area contributed by atoms with Gasteiger partial charge in [0, 0.05) is 67.6 Å². The number of hydrogen-bond acceptors (Lipinski definition) is 5. The Morgan fingerprint density at radius 3 is 2.31 bits per heavy atom. The number of anilines is 1. The standard InChI is InChI=1S/C28H28N4O3/c33-27-21-22-8-4-5-13-26(22)28(23-9-6-12-25(20-23)32(34)35)31(27)15-7-14-29-16-18-30(19-17-29)24-10-2-1-3-11-24/h1-6,8-13,20-21H,7,14-19H2. The van der Waals surface area contributed by atoms with Crippen molar-refractivity contribution in [1.29, 1.82) is 0 Å². The van der Waals surface area contributed by atoms with Crippen molar-refractivity contribution in [3.63, 3.8) is 0 Å². The summed E-state index contributed by atoms with van der Waals surface area (Å²) in [5.41, 5.74) is 2.62. The number of pyridine rings is 1. The van der Waals surface area contributed by atoms with Crippen molar-refractivity contribution >= 4 is 22.1 Å². The molecule has 1 saturated heterocycles. The minimum absolute atomic E-state index is 0.0192. The van der Waals surface area contributed by atoms with Gasteiger partial charge >= 0.3 is 0 Å². The SMILES string of the molecule is O=c1cc2ccccc2c(-c2cccc([N+](=O)[O-])c2)n1CCCN1CCN(c2ccccc2)CC1. The third-order valence-electron chi connectivity index (χ3n) is 6.71. The molecule has 178 valence electrons. The largest absolute Gasteiger partial charge is 0.369 e. The van der Waals surface area contributed by atoms with Crippen molar-refractivity contribution in [2.45, 2.75) is 13.0 Å². The van der Waals surface area contributed by atoms with Crippen molar-refractivity contribution < 1.29 is 4.92 Å². The van der Waals surface area contributed by atoms with Gasteiger partial charge in [-0.2, -0.15) is 0 Å². The van der Waals surface area contributed by atoms with Gasteiger partial charge < -0.3 is 9.47 Å². The van der Waals surface area contributed by atoms with E-state index in [9.17, 15) is 14.9 Å². The van der Waals surface area contributed by atoms with Crippen LogP contribution >= 0.6 is 0 Å². The van der Waals surface area contributed by atoms with Crippen LogP contribution in [0, 0.1) is 10.1 Å². The minimum atomic E-state index is -0.397. The van der Waals surface area contributed by atoms with E-state index in [-0.39, 0.29) is 11.2 Å². The number of benzene rings is 3. The highest BCUT2D eigenvalue weighted by Gasteiger charge is 2.18. The molecule has 1 fully saturated rings. The molecule has 7 heteroatoms. The predicted octanol–water partition coefficient (Wildman–Crippen LogP) is 4.79. The molecule has 5 rings (SSSR count). The first-order valence-electron chi connectivity index (χ1n) is 12.0. The summed E-state index contributed by atoms with van der Waals surface area (Å²) in [6.45, 7) is 5.40. The predicted molar refractivity (Wildman–Crippen MR) is 140 cm³/mol. The number of non-ortho nitro benzene ring substituents is 1. The number of nitrogens with zero attached hydrogens (tertiary/aromatic N) is 4. The van der Waals surface area contributed by atoms with E-state index in [2.05, 4.69) is 34.1 Å². The minimum Gasteiger partial charge on any atom is -0.369 e. The number of aromatic nitrogens is 1. The Balaban J connectivity index is 1.35. The fraction of sp³-hybridized carbons (Fsp3) is 0.250. The monoisotopic (exact) mass is 468 g/mol. The van der Waals surface area contributed by atoms with Crippen LogP contribution in [0.15, 0.2) is 89.7 Å². The topological polar surface area (TPSA) is 71.6 Å². The highest BCUT2D eigenvalue weighted by atomic mass is 16.6. The molecule has 0 N–H and O–H groups in total. The Hall–Kier alpha value is -3.97. The lowest BCUT2D eigenvalue weighted by atomic mass is 10.0. The zero-order valence-corrected chi connectivity index (χ0v) is 19.5. The molecule has 7 nitrogen and oxygen atoms in total. The number of para-hydroxylation sites is 1. The molecule has 0 spiro atoms. The molecule has 1 aliphatic heterocycles. The van der Waals surface area contributed by atoms with E-state index in [0.717, 1.165) is 55.6 Å². The Labute approximate surface area is 204 Å². The Morgan fingerprint density at radius 2 is 1.54 bits per heavy atom. The molecule has 0 radical (unpaired) electrons. The summed E-state index contributed by atoms with van der Waals surface area (Å²) in [5.74, 6) is 0. The van der Waals surface area contributed by atoms with Crippen LogP contribution in [-0.4, -0.2) is 47.1 Å². The number of fused-ring (bicyclic) bond motifs is 1. The Morgan fingerprint density at radius 1 is 0.800 bits per heavy atom. The summed E-state index contributed by atoms with van der Waals surface area (Å²) < 4.78 is 1.78. The fourth-order valence-corrected chi connectivity index (χ4v) is 4.93. The molecule has 1 aromatic heterocycles. The van der Waals surface area contributed by atoms with E-state index < -0.39 is 4.92 Å². The first-order valence-corrected chi connectivity index (χ1v) is 12.0. The van der Waals surface area contributed by atoms with Gasteiger partial charge in [0.05, 0.1) is 10.6 Å². The Kier molecular flexibility index (Phi) is 6.59. The number of hydrogen-bond donors (Lipinski definition) is 0. The molecule has 1 aliphatic rings. The smallest absolute Gasteiger partial charge is 0.270 e. The molecule has 4 aromatic rings. The van der Waals surface area contributed by atoms with E-state index in [1.165, 1.54) is 11.8 Å². The molecule has 0 bridgehead atoms. The van der Waals surface area contributed by atoms with Crippen LogP contribution in [0.1, 0.15) is 6.42 Å². The molecule has 0 unspecified atom stereocenters. The average molecular weight is 469 g/mol. The second kappa shape index (κ2) is 10.1. The lowest BCUT2D eigenvalue weighted by molar-refractivity contribution is -0.384. The average Bonchev–Trinajstić information content (AvgIpc) is 2.90. The highest BCUT2D eigenvalue weighted by Crippen LogP contribution is 2.30. The number of nitro benzene ring substituents is 1. The zero-order valence-electron chi connectivity index (χ0n) is 19.5. The second-order valence-corrected chi connectivity index (χ2v) is 8.90. The van der Waals surface area contributed by atoms with Gasteiger partial charge in [0.2, 0.25) is 0 Å². The fourth-order valence-electron chi connectivity index (χ4n) is 4.93. The maximum Gasteiger partial charge on any atom is 0.270 e. The van der Waals surface area contributed by atoms with Crippen LogP contribution in [-0.2, 0) is 6.54 Å². The summed E-state index contributed by atoms with van der Waals surface area (Å²) in [6.07, 6.45) is 0.825. The van der Waals surface area contributed by atoms with Crippen molar-refractivity contribution in [2.24, 2.45) is 0 Å². The molecule has 0 amide bonds. The number of piperazine rings is 1. The molecular formula is C28H28N4O3. The van der Waals surface area contributed by atoms with Crippen LogP contribution in [0.25, 0.3) is 22.0 Å². The summed E-state index contributed by atoms with van der Waals surface area (Å²) in [6, 6.07) is 26.4. The van der Waals surface area contributed by atoms with Crippen molar-refractivity contribution in [1.82, 2.24) is 9.47 Å². The van der Waals surface area contributed by atoms with Gasteiger partial charge in [0.15, 0.2) is 0 Å². The third-order valence-corrected chi connectivity index (χ3v) is 6.71. The van der Waals surface area contributed by atoms with E-state index in [0.29, 0.717) is 12.1 Å². The van der Waals surface area contributed by atoms with E-state index in [1.54, 1.807) is 22.8 Å². The molecule has 0 atom stereocenters. The summed E-state index contributed by atoms with van der Waals surface area (Å²) in [5, 5.41) is 13.1. The van der Waals surface area contributed by atoms with Crippen LogP contribution in [0.3, 0.4) is 0 Å². The summed E-state index contributed by atoms with van der Waals surface area (Å²) in [4.78, 5) is 29.0. The molecule has 0 saturated carbocycles. The zero-order chi connectivity index (χ0) is 24.2. The quantitative estimate of drug-likeness (QED) is 0.288. The van der Waals surface area contributed by atoms with Gasteiger partial charge in [-0.05, 0) is 30.5 Å². The second-order valence-electron chi connectivity index (χ2n) is 8.90. The van der Waals surface area contributed by atoms with Crippen LogP contribution in [0.5, 0.6) is 0 Å². The lowest BCUT2D eigenvalue weighted by Crippen LogP contribution is -2.46. The first-order chi connectivity index (χ1) is 17.1. The number of nitro groups is 1. The molecule has 35 heavy (non-hydrogen) atoms. The van der Waals surface area contributed by atoms with Gasteiger partial charge in [-0.1, -0.05) is 54.6 Å². The molecular weight excluding hydrogens is 440 g/mol. The molecule has 3 aromatic carbocycles. The third kappa shape index (κ3) is 4.95. The van der Waals surface area contributed by atoms with Gasteiger partial charge in [0.25, 0.3) is 11.2 Å². The van der Waals surface area contributed by atoms with Crippen LogP contribution in [0.4, 0.5) is 11.4 Å². The van der Waals surface area contributed by atoms with Crippen LogP contribution in [0.2, 0.25) is 0 Å². The lowest BCUT2D eigenvalue weighted by Gasteiger charge is -2.36. The van der Waals surface area contributed by atoms with Crippen molar-refractivity contribution in [3.8, 4) is 11.3 Å². The summed E-state index contributed by atoms with van der Waals surface area (Å²) >= 11 is 0. The maximum atomic E-state index is 13.1. The van der Waals surface area contributed by atoms with E-state index in [1.807, 2.05) is 36.4 Å². The maximum absolute atomic E-state index is 13.1. The number of rotatable bonds is 7. The van der Waals surface area contributed by atoms with E-state index in [4.69, 9.17) is 0 Å². The Bertz CT molecular complexity index is 1390. The summed E-state index contributed by atoms with van der Waals surface area (Å²) in [7, 11) is 0. The van der Waals surface area contributed by atoms with Gasteiger partial charge in [0.1, 0.15) is 0 Å². The normalized spacial score (nSPS) is 14.3. The molecule has 2 heterocycles. The van der Waals surface area contributed by atoms with Gasteiger partial charge in [-0.3, -0.25) is 19.8 Å². The first kappa shape index (κ1) is 22.8. The van der Waals surface area contributed by atoms with E-state index >= 15 is 0 Å². The van der Waals surface area contributed by atoms with Crippen molar-refractivity contribution in [2.75, 3.05) is 37.6 Å².